The third-order valence-corrected chi connectivity index (χ3v) is 1.76. The van der Waals surface area contributed by atoms with E-state index >= 15 is 0 Å². The molecule has 0 amide bonds. The van der Waals surface area contributed by atoms with Gasteiger partial charge in [-0.2, -0.15) is 0 Å². The van der Waals surface area contributed by atoms with Crippen LogP contribution >= 0.6 is 0 Å². The summed E-state index contributed by atoms with van der Waals surface area (Å²) in [7, 11) is 0. The maximum Gasteiger partial charge on any atom is 0.0242 e. The molecule has 0 aliphatic heterocycles. The van der Waals surface area contributed by atoms with Crippen molar-refractivity contribution in [2.45, 2.75) is 20.3 Å². The Morgan fingerprint density at radius 3 is 2.25 bits per heavy atom. The highest BCUT2D eigenvalue weighted by Gasteiger charge is 1.96. The van der Waals surface area contributed by atoms with Gasteiger partial charge in [-0.25, -0.2) is 0 Å². The molecule has 0 aliphatic rings. The summed E-state index contributed by atoms with van der Waals surface area (Å²) in [5.74, 6) is 3.32. The second-order valence-corrected chi connectivity index (χ2v) is 3.44. The Bertz CT molecular complexity index is 272. The number of hydrogen-bond donors (Lipinski definition) is 0. The van der Waals surface area contributed by atoms with E-state index in [0.29, 0.717) is 5.92 Å². The van der Waals surface area contributed by atoms with Crippen LogP contribution in [-0.2, 0) is 6.42 Å². The summed E-state index contributed by atoms with van der Waals surface area (Å²) in [4.78, 5) is 0. The van der Waals surface area contributed by atoms with Crippen LogP contribution in [0.5, 0.6) is 0 Å². The van der Waals surface area contributed by atoms with Crippen molar-refractivity contribution in [1.82, 2.24) is 0 Å². The monoisotopic (exact) mass is 158 g/mol. The van der Waals surface area contributed by atoms with Gasteiger partial charge in [-0.15, -0.1) is 6.42 Å². The highest BCUT2D eigenvalue weighted by molar-refractivity contribution is 5.34. The molecule has 0 saturated heterocycles. The van der Waals surface area contributed by atoms with Crippen LogP contribution in [0.15, 0.2) is 24.3 Å². The summed E-state index contributed by atoms with van der Waals surface area (Å²) in [6, 6.07) is 8.21. The van der Waals surface area contributed by atoms with Gasteiger partial charge in [0.25, 0.3) is 0 Å². The van der Waals surface area contributed by atoms with Gasteiger partial charge < -0.3 is 0 Å². The van der Waals surface area contributed by atoms with Crippen LogP contribution in [0.4, 0.5) is 0 Å². The largest absolute Gasteiger partial charge is 0.115 e. The molecule has 0 heterocycles. The Balaban J connectivity index is 2.73. The van der Waals surface area contributed by atoms with Crippen LogP contribution in [0.25, 0.3) is 0 Å². The quantitative estimate of drug-likeness (QED) is 0.580. The van der Waals surface area contributed by atoms with E-state index in [0.717, 1.165) is 12.0 Å². The molecule has 0 N–H and O–H groups in total. The first kappa shape index (κ1) is 8.87. The first-order valence-electron chi connectivity index (χ1n) is 4.28. The fourth-order valence-electron chi connectivity index (χ4n) is 1.21. The van der Waals surface area contributed by atoms with E-state index in [1.54, 1.807) is 0 Å². The second kappa shape index (κ2) is 3.97. The zero-order chi connectivity index (χ0) is 8.97. The minimum absolute atomic E-state index is 0.710. The number of rotatable bonds is 2. The number of benzene rings is 1. The molecule has 0 aromatic heterocycles. The molecule has 12 heavy (non-hydrogen) atoms. The van der Waals surface area contributed by atoms with Gasteiger partial charge in [-0.1, -0.05) is 31.9 Å². The molecule has 0 radical (unpaired) electrons. The molecule has 0 heteroatoms. The Morgan fingerprint density at radius 1 is 1.25 bits per heavy atom. The lowest BCUT2D eigenvalue weighted by Gasteiger charge is -2.03. The lowest BCUT2D eigenvalue weighted by molar-refractivity contribution is 0.647. The summed E-state index contributed by atoms with van der Waals surface area (Å²) in [5, 5.41) is 0. The van der Waals surface area contributed by atoms with Crippen LogP contribution in [-0.4, -0.2) is 0 Å². The molecule has 1 aromatic carbocycles. The van der Waals surface area contributed by atoms with E-state index < -0.39 is 0 Å². The second-order valence-electron chi connectivity index (χ2n) is 3.44. The maximum absolute atomic E-state index is 5.25. The van der Waals surface area contributed by atoms with Crippen LogP contribution in [0, 0.1) is 18.3 Å². The van der Waals surface area contributed by atoms with E-state index in [4.69, 9.17) is 6.42 Å². The minimum atomic E-state index is 0.710. The molecule has 0 aliphatic carbocycles. The summed E-state index contributed by atoms with van der Waals surface area (Å²) >= 11 is 0. The van der Waals surface area contributed by atoms with Crippen LogP contribution in [0.1, 0.15) is 25.0 Å². The van der Waals surface area contributed by atoms with Crippen molar-refractivity contribution in [3.8, 4) is 12.3 Å². The summed E-state index contributed by atoms with van der Waals surface area (Å²) in [5.41, 5.74) is 2.33. The molecule has 0 fully saturated rings. The van der Waals surface area contributed by atoms with Crippen molar-refractivity contribution in [1.29, 1.82) is 0 Å². The van der Waals surface area contributed by atoms with Gasteiger partial charge in [0.1, 0.15) is 0 Å². The molecule has 0 nitrogen and oxygen atoms in total. The Hall–Kier alpha value is -1.22. The maximum atomic E-state index is 5.25. The molecule has 1 rings (SSSR count). The molecular formula is C12H14. The molecule has 62 valence electrons. The highest BCUT2D eigenvalue weighted by atomic mass is 14.0. The van der Waals surface area contributed by atoms with Crippen molar-refractivity contribution in [2.75, 3.05) is 0 Å². The lowest BCUT2D eigenvalue weighted by Crippen LogP contribution is -1.93. The van der Waals surface area contributed by atoms with Crippen molar-refractivity contribution >= 4 is 0 Å². The molecule has 0 atom stereocenters. The molecule has 1 aromatic rings. The van der Waals surface area contributed by atoms with Crippen molar-refractivity contribution < 1.29 is 0 Å². The van der Waals surface area contributed by atoms with Gasteiger partial charge in [0, 0.05) is 5.56 Å². The van der Waals surface area contributed by atoms with Gasteiger partial charge in [0.05, 0.1) is 0 Å². The lowest BCUT2D eigenvalue weighted by atomic mass is 10.0. The molecule has 0 unspecified atom stereocenters. The van der Waals surface area contributed by atoms with E-state index in [2.05, 4.69) is 31.9 Å². The molecular weight excluding hydrogens is 144 g/mol. The summed E-state index contributed by atoms with van der Waals surface area (Å²) in [6.07, 6.45) is 6.38. The number of hydrogen-bond acceptors (Lipinski definition) is 0. The third kappa shape index (κ3) is 2.43. The fourth-order valence-corrected chi connectivity index (χ4v) is 1.21. The van der Waals surface area contributed by atoms with Crippen LogP contribution < -0.4 is 0 Å². The number of terminal acetylenes is 1. The smallest absolute Gasteiger partial charge is 0.0242 e. The van der Waals surface area contributed by atoms with Gasteiger partial charge >= 0.3 is 0 Å². The summed E-state index contributed by atoms with van der Waals surface area (Å²) < 4.78 is 0. The topological polar surface area (TPSA) is 0 Å². The molecule has 0 bridgehead atoms. The van der Waals surface area contributed by atoms with Gasteiger partial charge in [-0.3, -0.25) is 0 Å². The predicted octanol–water partition coefficient (Wildman–Crippen LogP) is 2.87. The molecule has 0 spiro atoms. The Labute approximate surface area is 74.6 Å². The van der Waals surface area contributed by atoms with Gasteiger partial charge in [-0.05, 0) is 30.0 Å². The third-order valence-electron chi connectivity index (χ3n) is 1.76. The average molecular weight is 158 g/mol. The van der Waals surface area contributed by atoms with E-state index in [9.17, 15) is 0 Å². The van der Waals surface area contributed by atoms with Crippen molar-refractivity contribution in [3.05, 3.63) is 35.4 Å². The normalized spacial score (nSPS) is 9.83. The van der Waals surface area contributed by atoms with E-state index in [-0.39, 0.29) is 0 Å². The Kier molecular flexibility index (Phi) is 2.94. The minimum Gasteiger partial charge on any atom is -0.115 e. The zero-order valence-corrected chi connectivity index (χ0v) is 7.67. The highest BCUT2D eigenvalue weighted by Crippen LogP contribution is 2.08. The van der Waals surface area contributed by atoms with E-state index in [1.165, 1.54) is 5.56 Å². The van der Waals surface area contributed by atoms with Gasteiger partial charge in [0.15, 0.2) is 0 Å². The predicted molar refractivity (Wildman–Crippen MR) is 52.9 cm³/mol. The fraction of sp³-hybridized carbons (Fsp3) is 0.333. The molecule has 0 saturated carbocycles. The zero-order valence-electron chi connectivity index (χ0n) is 7.67. The average Bonchev–Trinajstić information content (AvgIpc) is 2.05. The van der Waals surface area contributed by atoms with Crippen molar-refractivity contribution in [2.24, 2.45) is 5.92 Å². The van der Waals surface area contributed by atoms with Gasteiger partial charge in [0.2, 0.25) is 0 Å². The van der Waals surface area contributed by atoms with Crippen molar-refractivity contribution in [3.63, 3.8) is 0 Å². The van der Waals surface area contributed by atoms with Crippen LogP contribution in [0.2, 0.25) is 0 Å². The standard InChI is InChI=1S/C12H14/c1-4-11-5-7-12(8-6-11)9-10(2)3/h1,5-8,10H,9H2,2-3H3. The Morgan fingerprint density at radius 2 is 1.83 bits per heavy atom. The summed E-state index contributed by atoms with van der Waals surface area (Å²) in [6.45, 7) is 4.43. The van der Waals surface area contributed by atoms with Crippen LogP contribution in [0.3, 0.4) is 0 Å². The first-order chi connectivity index (χ1) is 5.72. The van der Waals surface area contributed by atoms with E-state index in [1.807, 2.05) is 12.1 Å². The first-order valence-corrected chi connectivity index (χ1v) is 4.28. The SMILES string of the molecule is C#Cc1ccc(CC(C)C)cc1.